The number of hydrogen-bond donors (Lipinski definition) is 1. The van der Waals surface area contributed by atoms with Crippen molar-refractivity contribution in [1.29, 1.82) is 0 Å². The van der Waals surface area contributed by atoms with E-state index >= 15 is 0 Å². The Kier molecular flexibility index (Phi) is 4.56. The van der Waals surface area contributed by atoms with Gasteiger partial charge in [0, 0.05) is 18.5 Å². The van der Waals surface area contributed by atoms with Crippen LogP contribution in [0, 0.1) is 18.8 Å². The van der Waals surface area contributed by atoms with Gasteiger partial charge in [-0.15, -0.1) is 0 Å². The minimum atomic E-state index is -0.329. The third-order valence-electron chi connectivity index (χ3n) is 2.14. The van der Waals surface area contributed by atoms with Gasteiger partial charge in [-0.3, -0.25) is 0 Å². The highest BCUT2D eigenvalue weighted by molar-refractivity contribution is 5.89. The van der Waals surface area contributed by atoms with Gasteiger partial charge in [0.1, 0.15) is 0 Å². The first-order chi connectivity index (χ1) is 7.69. The number of esters is 1. The van der Waals surface area contributed by atoms with Crippen molar-refractivity contribution in [3.63, 3.8) is 0 Å². The molecule has 3 heteroatoms. The molecule has 0 unspecified atom stereocenters. The fourth-order valence-corrected chi connectivity index (χ4v) is 1.28. The van der Waals surface area contributed by atoms with Gasteiger partial charge in [0.15, 0.2) is 0 Å². The van der Waals surface area contributed by atoms with E-state index in [0.717, 1.165) is 11.1 Å². The first kappa shape index (κ1) is 12.3. The Morgan fingerprint density at radius 2 is 2.25 bits per heavy atom. The Morgan fingerprint density at radius 3 is 2.81 bits per heavy atom. The Labute approximate surface area is 95.6 Å². The van der Waals surface area contributed by atoms with E-state index < -0.39 is 0 Å². The molecule has 1 aromatic carbocycles. The Balaban J connectivity index is 2.93. The van der Waals surface area contributed by atoms with Crippen LogP contribution in [0.25, 0.3) is 0 Å². The van der Waals surface area contributed by atoms with Crippen LogP contribution in [0.15, 0.2) is 18.2 Å². The molecule has 0 atom stereocenters. The van der Waals surface area contributed by atoms with Crippen LogP contribution in [-0.4, -0.2) is 19.6 Å². The summed E-state index contributed by atoms with van der Waals surface area (Å²) in [6, 6.07) is 5.31. The summed E-state index contributed by atoms with van der Waals surface area (Å²) in [6.45, 7) is 2.48. The van der Waals surface area contributed by atoms with Crippen LogP contribution in [0.1, 0.15) is 27.9 Å². The van der Waals surface area contributed by atoms with Gasteiger partial charge in [-0.25, -0.2) is 4.79 Å². The lowest BCUT2D eigenvalue weighted by atomic mass is 10.1. The minimum Gasteiger partial charge on any atom is -0.465 e. The summed E-state index contributed by atoms with van der Waals surface area (Å²) in [4.78, 5) is 11.3. The molecule has 0 aromatic heterocycles. The van der Waals surface area contributed by atoms with Crippen LogP contribution in [-0.2, 0) is 4.74 Å². The molecule has 1 aromatic rings. The minimum absolute atomic E-state index is 0.329. The molecular formula is C13H15NO2. The predicted octanol–water partition coefficient (Wildman–Crippen LogP) is 1.48. The van der Waals surface area contributed by atoms with E-state index in [9.17, 15) is 4.79 Å². The summed E-state index contributed by atoms with van der Waals surface area (Å²) < 4.78 is 4.64. The predicted molar refractivity (Wildman–Crippen MR) is 63.1 cm³/mol. The smallest absolute Gasteiger partial charge is 0.337 e. The van der Waals surface area contributed by atoms with Gasteiger partial charge in [0.2, 0.25) is 0 Å². The highest BCUT2D eigenvalue weighted by Gasteiger charge is 2.05. The van der Waals surface area contributed by atoms with Crippen LogP contribution in [0.2, 0.25) is 0 Å². The number of benzene rings is 1. The van der Waals surface area contributed by atoms with Gasteiger partial charge < -0.3 is 10.5 Å². The van der Waals surface area contributed by atoms with Crippen LogP contribution in [0.4, 0.5) is 0 Å². The highest BCUT2D eigenvalue weighted by atomic mass is 16.5. The summed E-state index contributed by atoms with van der Waals surface area (Å²) in [7, 11) is 1.37. The Bertz CT molecular complexity index is 441. The van der Waals surface area contributed by atoms with Crippen molar-refractivity contribution in [1.82, 2.24) is 0 Å². The number of nitrogens with two attached hydrogens (primary N) is 1. The van der Waals surface area contributed by atoms with E-state index in [1.54, 1.807) is 12.1 Å². The molecule has 0 aliphatic heterocycles. The highest BCUT2D eigenvalue weighted by Crippen LogP contribution is 2.10. The zero-order valence-corrected chi connectivity index (χ0v) is 9.54. The largest absolute Gasteiger partial charge is 0.465 e. The lowest BCUT2D eigenvalue weighted by molar-refractivity contribution is 0.0600. The molecule has 0 spiro atoms. The molecule has 0 heterocycles. The molecule has 2 N–H and O–H groups in total. The Morgan fingerprint density at radius 1 is 1.50 bits per heavy atom. The molecule has 0 aliphatic carbocycles. The molecule has 3 nitrogen and oxygen atoms in total. The molecule has 0 fully saturated rings. The average Bonchev–Trinajstić information content (AvgIpc) is 2.30. The van der Waals surface area contributed by atoms with Gasteiger partial charge >= 0.3 is 5.97 Å². The van der Waals surface area contributed by atoms with Crippen molar-refractivity contribution in [2.75, 3.05) is 13.7 Å². The van der Waals surface area contributed by atoms with E-state index in [1.165, 1.54) is 7.11 Å². The summed E-state index contributed by atoms with van der Waals surface area (Å²) in [5.41, 5.74) is 7.78. The second-order valence-corrected chi connectivity index (χ2v) is 3.36. The van der Waals surface area contributed by atoms with Crippen LogP contribution < -0.4 is 5.73 Å². The maximum atomic E-state index is 11.3. The van der Waals surface area contributed by atoms with Gasteiger partial charge in [0.05, 0.1) is 12.7 Å². The van der Waals surface area contributed by atoms with E-state index in [-0.39, 0.29) is 5.97 Å². The van der Waals surface area contributed by atoms with Gasteiger partial charge in [-0.2, -0.15) is 0 Å². The van der Waals surface area contributed by atoms with Crippen LogP contribution in [0.3, 0.4) is 0 Å². The number of rotatable bonds is 2. The molecule has 0 aliphatic rings. The summed E-state index contributed by atoms with van der Waals surface area (Å²) in [5, 5.41) is 0. The standard InChI is InChI=1S/C13H15NO2/c1-10-9-12(13(15)16-2)7-6-11(10)5-3-4-8-14/h6-7,9H,4,8,14H2,1-2H3. The van der Waals surface area contributed by atoms with Crippen molar-refractivity contribution in [2.24, 2.45) is 5.73 Å². The number of aryl methyl sites for hydroxylation is 1. The SMILES string of the molecule is COC(=O)c1ccc(C#CCCN)c(C)c1. The third kappa shape index (κ3) is 3.11. The second-order valence-electron chi connectivity index (χ2n) is 3.36. The lowest BCUT2D eigenvalue weighted by Crippen LogP contribution is -2.01. The van der Waals surface area contributed by atoms with Crippen molar-refractivity contribution in [3.8, 4) is 11.8 Å². The normalized spacial score (nSPS) is 9.19. The lowest BCUT2D eigenvalue weighted by Gasteiger charge is -2.02. The van der Waals surface area contributed by atoms with Crippen LogP contribution >= 0.6 is 0 Å². The van der Waals surface area contributed by atoms with Crippen molar-refractivity contribution in [2.45, 2.75) is 13.3 Å². The molecule has 0 saturated heterocycles. The fraction of sp³-hybridized carbons (Fsp3) is 0.308. The number of ether oxygens (including phenoxy) is 1. The maximum Gasteiger partial charge on any atom is 0.337 e. The van der Waals surface area contributed by atoms with Crippen molar-refractivity contribution >= 4 is 5.97 Å². The molecule has 84 valence electrons. The monoisotopic (exact) mass is 217 g/mol. The van der Waals surface area contributed by atoms with Gasteiger partial charge in [-0.1, -0.05) is 11.8 Å². The topological polar surface area (TPSA) is 52.3 Å². The quantitative estimate of drug-likeness (QED) is 0.603. The summed E-state index contributed by atoms with van der Waals surface area (Å²) >= 11 is 0. The first-order valence-electron chi connectivity index (χ1n) is 5.07. The molecule has 16 heavy (non-hydrogen) atoms. The van der Waals surface area contributed by atoms with Crippen molar-refractivity contribution in [3.05, 3.63) is 34.9 Å². The number of carbonyl (C=O) groups excluding carboxylic acids is 1. The van der Waals surface area contributed by atoms with E-state index in [4.69, 9.17) is 5.73 Å². The van der Waals surface area contributed by atoms with Crippen LogP contribution in [0.5, 0.6) is 0 Å². The number of carbonyl (C=O) groups is 1. The average molecular weight is 217 g/mol. The van der Waals surface area contributed by atoms with E-state index in [2.05, 4.69) is 16.6 Å². The zero-order chi connectivity index (χ0) is 12.0. The number of methoxy groups -OCH3 is 1. The molecule has 0 bridgehead atoms. The molecule has 0 saturated carbocycles. The maximum absolute atomic E-state index is 11.3. The van der Waals surface area contributed by atoms with Gasteiger partial charge in [0.25, 0.3) is 0 Å². The first-order valence-corrected chi connectivity index (χ1v) is 5.07. The fourth-order valence-electron chi connectivity index (χ4n) is 1.28. The third-order valence-corrected chi connectivity index (χ3v) is 2.14. The Hall–Kier alpha value is -1.79. The zero-order valence-electron chi connectivity index (χ0n) is 9.54. The van der Waals surface area contributed by atoms with Crippen molar-refractivity contribution < 1.29 is 9.53 Å². The molecule has 0 radical (unpaired) electrons. The second kappa shape index (κ2) is 5.94. The molecule has 1 rings (SSSR count). The molecule has 0 amide bonds. The summed E-state index contributed by atoms with van der Waals surface area (Å²) in [6.07, 6.45) is 0.679. The summed E-state index contributed by atoms with van der Waals surface area (Å²) in [5.74, 6) is 5.65. The van der Waals surface area contributed by atoms with E-state index in [1.807, 2.05) is 13.0 Å². The number of hydrogen-bond acceptors (Lipinski definition) is 3. The van der Waals surface area contributed by atoms with E-state index in [0.29, 0.717) is 18.5 Å². The van der Waals surface area contributed by atoms with Gasteiger partial charge in [-0.05, 0) is 30.7 Å². The molecular weight excluding hydrogens is 202 g/mol.